The van der Waals surface area contributed by atoms with Crippen LogP contribution in [0.2, 0.25) is 0 Å². The van der Waals surface area contributed by atoms with Crippen molar-refractivity contribution >= 4 is 22.4 Å². The van der Waals surface area contributed by atoms with Crippen molar-refractivity contribution in [3.8, 4) is 16.9 Å². The first-order valence-corrected chi connectivity index (χ1v) is 11.1. The highest BCUT2D eigenvalue weighted by molar-refractivity contribution is 5.89. The summed E-state index contributed by atoms with van der Waals surface area (Å²) in [5.74, 6) is -0.902. The van der Waals surface area contributed by atoms with Gasteiger partial charge in [0, 0.05) is 11.6 Å². The molecule has 1 fully saturated rings. The van der Waals surface area contributed by atoms with Gasteiger partial charge in [-0.3, -0.25) is 14.9 Å². The Morgan fingerprint density at radius 1 is 1.12 bits per heavy atom. The van der Waals surface area contributed by atoms with Crippen LogP contribution in [0.15, 0.2) is 54.6 Å². The summed E-state index contributed by atoms with van der Waals surface area (Å²) in [5, 5.41) is 23.4. The fourth-order valence-electron chi connectivity index (χ4n) is 4.47. The van der Waals surface area contributed by atoms with Gasteiger partial charge < -0.3 is 9.84 Å². The molecule has 0 bridgehead atoms. The second-order valence-electron chi connectivity index (χ2n) is 8.72. The molecule has 1 atom stereocenters. The van der Waals surface area contributed by atoms with Crippen LogP contribution in [0.4, 0.5) is 5.69 Å². The molecule has 1 N–H and O–H groups in total. The van der Waals surface area contributed by atoms with E-state index in [1.54, 1.807) is 6.92 Å². The SMILES string of the molecule is CC(Cc1cc(-c2ccc3ccccc3c2)c(OCC2CCCC2)c([N+](=O)[O-])c1)C(=O)O. The van der Waals surface area contributed by atoms with Gasteiger partial charge in [-0.15, -0.1) is 0 Å². The Bertz CT molecular complexity index is 1150. The molecule has 4 rings (SSSR count). The highest BCUT2D eigenvalue weighted by atomic mass is 16.6. The van der Waals surface area contributed by atoms with Crippen LogP contribution in [0.3, 0.4) is 0 Å². The van der Waals surface area contributed by atoms with Crippen molar-refractivity contribution in [1.29, 1.82) is 0 Å². The van der Waals surface area contributed by atoms with Crippen LogP contribution in [-0.2, 0) is 11.2 Å². The quantitative estimate of drug-likeness (QED) is 0.335. The first-order chi connectivity index (χ1) is 15.4. The Morgan fingerprint density at radius 3 is 2.53 bits per heavy atom. The van der Waals surface area contributed by atoms with Crippen LogP contribution in [0.5, 0.6) is 5.75 Å². The van der Waals surface area contributed by atoms with Crippen molar-refractivity contribution < 1.29 is 19.6 Å². The number of nitro groups is 1. The van der Waals surface area contributed by atoms with E-state index in [-0.39, 0.29) is 17.9 Å². The minimum absolute atomic E-state index is 0.110. The molecule has 0 spiro atoms. The molecule has 0 aromatic heterocycles. The van der Waals surface area contributed by atoms with Gasteiger partial charge in [0.2, 0.25) is 5.75 Å². The molecule has 6 nitrogen and oxygen atoms in total. The summed E-state index contributed by atoms with van der Waals surface area (Å²) in [5.41, 5.74) is 1.96. The maximum absolute atomic E-state index is 12.0. The van der Waals surface area contributed by atoms with E-state index in [0.29, 0.717) is 23.7 Å². The number of fused-ring (bicyclic) bond motifs is 1. The zero-order valence-electron chi connectivity index (χ0n) is 18.1. The van der Waals surface area contributed by atoms with Crippen molar-refractivity contribution in [2.24, 2.45) is 11.8 Å². The molecule has 3 aromatic carbocycles. The molecule has 1 aliphatic rings. The first-order valence-electron chi connectivity index (χ1n) is 11.1. The van der Waals surface area contributed by atoms with Crippen molar-refractivity contribution in [2.75, 3.05) is 6.61 Å². The monoisotopic (exact) mass is 433 g/mol. The van der Waals surface area contributed by atoms with Crippen molar-refractivity contribution in [2.45, 2.75) is 39.0 Å². The number of carboxylic acids is 1. The summed E-state index contributed by atoms with van der Waals surface area (Å²) >= 11 is 0. The lowest BCUT2D eigenvalue weighted by Gasteiger charge is -2.17. The maximum atomic E-state index is 12.0. The Kier molecular flexibility index (Phi) is 6.40. The predicted octanol–water partition coefficient (Wildman–Crippen LogP) is 6.25. The van der Waals surface area contributed by atoms with Crippen LogP contribution >= 0.6 is 0 Å². The number of carbonyl (C=O) groups is 1. The van der Waals surface area contributed by atoms with E-state index in [2.05, 4.69) is 0 Å². The van der Waals surface area contributed by atoms with Crippen molar-refractivity contribution in [3.05, 3.63) is 70.3 Å². The average molecular weight is 434 g/mol. The normalized spacial score (nSPS) is 15.0. The fourth-order valence-corrected chi connectivity index (χ4v) is 4.47. The number of rotatable bonds is 8. The number of carboxylic acid groups (broad SMARTS) is 1. The van der Waals surface area contributed by atoms with E-state index in [4.69, 9.17) is 4.74 Å². The number of nitro benzene ring substituents is 1. The fraction of sp³-hybridized carbons (Fsp3) is 0.346. The van der Waals surface area contributed by atoms with Crippen LogP contribution in [-0.4, -0.2) is 22.6 Å². The Morgan fingerprint density at radius 2 is 1.84 bits per heavy atom. The molecule has 166 valence electrons. The summed E-state index contributed by atoms with van der Waals surface area (Å²) in [7, 11) is 0. The Balaban J connectivity index is 1.82. The number of hydrogen-bond acceptors (Lipinski definition) is 4. The lowest BCUT2D eigenvalue weighted by Crippen LogP contribution is -2.13. The zero-order valence-corrected chi connectivity index (χ0v) is 18.1. The third kappa shape index (κ3) is 4.74. The van der Waals surface area contributed by atoms with Crippen LogP contribution < -0.4 is 4.74 Å². The molecule has 1 saturated carbocycles. The van der Waals surface area contributed by atoms with E-state index < -0.39 is 16.8 Å². The van der Waals surface area contributed by atoms with Gasteiger partial charge >= 0.3 is 11.7 Å². The minimum atomic E-state index is -0.929. The van der Waals surface area contributed by atoms with E-state index in [9.17, 15) is 20.0 Å². The predicted molar refractivity (Wildman–Crippen MR) is 124 cm³/mol. The summed E-state index contributed by atoms with van der Waals surface area (Å²) in [4.78, 5) is 22.9. The minimum Gasteiger partial charge on any atom is -0.486 e. The molecule has 0 radical (unpaired) electrons. The molecule has 32 heavy (non-hydrogen) atoms. The van der Waals surface area contributed by atoms with Gasteiger partial charge in [0.05, 0.1) is 17.4 Å². The van der Waals surface area contributed by atoms with E-state index in [0.717, 1.165) is 29.2 Å². The molecule has 6 heteroatoms. The van der Waals surface area contributed by atoms with Crippen LogP contribution in [0, 0.1) is 22.0 Å². The molecule has 0 heterocycles. The third-order valence-corrected chi connectivity index (χ3v) is 6.29. The molecule has 0 amide bonds. The second kappa shape index (κ2) is 9.39. The smallest absolute Gasteiger partial charge is 0.311 e. The van der Waals surface area contributed by atoms with Crippen LogP contribution in [0.25, 0.3) is 21.9 Å². The zero-order chi connectivity index (χ0) is 22.7. The third-order valence-electron chi connectivity index (χ3n) is 6.29. The highest BCUT2D eigenvalue weighted by Gasteiger charge is 2.26. The topological polar surface area (TPSA) is 89.7 Å². The standard InChI is InChI=1S/C26H27NO5/c1-17(26(28)29)12-19-13-23(22-11-10-20-8-4-5-9-21(20)15-22)25(24(14-19)27(30)31)32-16-18-6-2-3-7-18/h4-5,8-11,13-15,17-18H,2-3,6-7,12,16H2,1H3,(H,28,29). The van der Waals surface area contributed by atoms with Gasteiger partial charge in [0.15, 0.2) is 0 Å². The van der Waals surface area contributed by atoms with Gasteiger partial charge in [0.1, 0.15) is 0 Å². The Labute approximate surface area is 187 Å². The first kappa shape index (κ1) is 21.8. The number of aliphatic carboxylic acids is 1. The average Bonchev–Trinajstić information content (AvgIpc) is 3.30. The lowest BCUT2D eigenvalue weighted by molar-refractivity contribution is -0.385. The highest BCUT2D eigenvalue weighted by Crippen LogP contribution is 2.41. The van der Waals surface area contributed by atoms with E-state index in [1.165, 1.54) is 18.9 Å². The van der Waals surface area contributed by atoms with Gasteiger partial charge in [-0.05, 0) is 59.2 Å². The lowest BCUT2D eigenvalue weighted by atomic mass is 9.94. The van der Waals surface area contributed by atoms with E-state index >= 15 is 0 Å². The summed E-state index contributed by atoms with van der Waals surface area (Å²) < 4.78 is 6.13. The summed E-state index contributed by atoms with van der Waals surface area (Å²) in [6.45, 7) is 2.06. The molecule has 3 aromatic rings. The molecular formula is C26H27NO5. The van der Waals surface area contributed by atoms with Crippen molar-refractivity contribution in [3.63, 3.8) is 0 Å². The Hall–Kier alpha value is -3.41. The second-order valence-corrected chi connectivity index (χ2v) is 8.72. The van der Waals surface area contributed by atoms with Gasteiger partial charge in [-0.2, -0.15) is 0 Å². The molecular weight excluding hydrogens is 406 g/mol. The van der Waals surface area contributed by atoms with Gasteiger partial charge in [-0.25, -0.2) is 0 Å². The maximum Gasteiger partial charge on any atom is 0.311 e. The number of ether oxygens (including phenoxy) is 1. The number of hydrogen-bond donors (Lipinski definition) is 1. The largest absolute Gasteiger partial charge is 0.486 e. The van der Waals surface area contributed by atoms with Crippen molar-refractivity contribution in [1.82, 2.24) is 0 Å². The molecule has 1 unspecified atom stereocenters. The van der Waals surface area contributed by atoms with Crippen LogP contribution in [0.1, 0.15) is 38.2 Å². The van der Waals surface area contributed by atoms with E-state index in [1.807, 2.05) is 48.5 Å². The number of nitrogens with zero attached hydrogens (tertiary/aromatic N) is 1. The summed E-state index contributed by atoms with van der Waals surface area (Å²) in [6, 6.07) is 17.2. The molecule has 0 aliphatic heterocycles. The van der Waals surface area contributed by atoms with Gasteiger partial charge in [0.25, 0.3) is 0 Å². The summed E-state index contributed by atoms with van der Waals surface area (Å²) in [6.07, 6.45) is 4.69. The van der Waals surface area contributed by atoms with Gasteiger partial charge in [-0.1, -0.05) is 56.2 Å². The molecule has 1 aliphatic carbocycles. The molecule has 0 saturated heterocycles. The number of benzene rings is 3.